The van der Waals surface area contributed by atoms with E-state index in [-0.39, 0.29) is 18.6 Å². The lowest BCUT2D eigenvalue weighted by molar-refractivity contribution is -0.896. The summed E-state index contributed by atoms with van der Waals surface area (Å²) in [5.41, 5.74) is 0. The Hall–Kier alpha value is -0.480. The van der Waals surface area contributed by atoms with Crippen LogP contribution in [-0.2, 0) is 0 Å². The summed E-state index contributed by atoms with van der Waals surface area (Å²) in [5, 5.41) is 12.3. The van der Waals surface area contributed by atoms with Crippen LogP contribution in [0, 0.1) is 0 Å². The Morgan fingerprint density at radius 2 is 1.82 bits per heavy atom. The van der Waals surface area contributed by atoms with E-state index in [2.05, 4.69) is 5.32 Å². The summed E-state index contributed by atoms with van der Waals surface area (Å²) in [7, 11) is 5.71. The van der Waals surface area contributed by atoms with Crippen LogP contribution < -0.4 is 10.4 Å². The van der Waals surface area contributed by atoms with E-state index in [9.17, 15) is 9.90 Å². The Kier molecular flexibility index (Phi) is 5.26. The highest BCUT2D eigenvalue weighted by atomic mass is 35.5. The van der Waals surface area contributed by atoms with Gasteiger partial charge in [-0.1, -0.05) is 0 Å². The van der Waals surface area contributed by atoms with E-state index in [4.69, 9.17) is 0 Å². The molecule has 0 aliphatic heterocycles. The second kappa shape index (κ2) is 4.41. The van der Waals surface area contributed by atoms with Gasteiger partial charge in [0.25, 0.3) is 0 Å². The van der Waals surface area contributed by atoms with Crippen molar-refractivity contribution < 1.29 is 14.4 Å². The SMILES string of the molecule is CC(NC(=O)[O-])[N+](C)(C)C.Cl. The molecule has 0 heterocycles. The Labute approximate surface area is 73.2 Å². The van der Waals surface area contributed by atoms with Crippen molar-refractivity contribution in [1.82, 2.24) is 5.32 Å². The van der Waals surface area contributed by atoms with Gasteiger partial charge in [-0.15, -0.1) is 12.4 Å². The van der Waals surface area contributed by atoms with Crippen LogP contribution in [-0.4, -0.2) is 37.9 Å². The van der Waals surface area contributed by atoms with Crippen LogP contribution in [0.3, 0.4) is 0 Å². The number of carbonyl (C=O) groups excluding carboxylic acids is 1. The maximum absolute atomic E-state index is 10.0. The average Bonchev–Trinajstić information content (AvgIpc) is 1.60. The highest BCUT2D eigenvalue weighted by Crippen LogP contribution is 1.96. The molecule has 1 unspecified atom stereocenters. The number of nitrogens with one attached hydrogen (secondary N) is 1. The fraction of sp³-hybridized carbons (Fsp3) is 0.833. The summed E-state index contributed by atoms with van der Waals surface area (Å²) in [6.45, 7) is 1.79. The van der Waals surface area contributed by atoms with Crippen LogP contribution >= 0.6 is 12.4 Å². The molecule has 1 atom stereocenters. The molecule has 0 aliphatic rings. The molecule has 0 fully saturated rings. The number of hydrogen-bond acceptors (Lipinski definition) is 2. The first-order valence-electron chi connectivity index (χ1n) is 3.12. The Bertz CT molecular complexity index is 133. The molecule has 0 aromatic heterocycles. The number of amides is 1. The fourth-order valence-electron chi connectivity index (χ4n) is 0.364. The minimum Gasteiger partial charge on any atom is -0.530 e. The number of carbonyl (C=O) groups is 1. The Morgan fingerprint density at radius 1 is 1.45 bits per heavy atom. The average molecular weight is 183 g/mol. The molecule has 0 bridgehead atoms. The van der Waals surface area contributed by atoms with Crippen molar-refractivity contribution >= 4 is 18.5 Å². The molecule has 68 valence electrons. The first kappa shape index (κ1) is 13.1. The summed E-state index contributed by atoms with van der Waals surface area (Å²) in [6.07, 6.45) is -1.36. The first-order valence-corrected chi connectivity index (χ1v) is 3.12. The number of halogens is 1. The molecule has 5 heteroatoms. The van der Waals surface area contributed by atoms with Gasteiger partial charge in [0.05, 0.1) is 21.1 Å². The third kappa shape index (κ3) is 5.94. The summed E-state index contributed by atoms with van der Waals surface area (Å²) in [4.78, 5) is 10.0. The van der Waals surface area contributed by atoms with Crippen LogP contribution in [0.15, 0.2) is 0 Å². The van der Waals surface area contributed by atoms with Crippen LogP contribution in [0.4, 0.5) is 4.79 Å². The molecular formula is C6H15ClN2O2. The Balaban J connectivity index is 0. The number of hydrogen-bond donors (Lipinski definition) is 1. The zero-order valence-corrected chi connectivity index (χ0v) is 8.07. The topological polar surface area (TPSA) is 52.2 Å². The molecule has 1 N–H and O–H groups in total. The summed E-state index contributed by atoms with van der Waals surface area (Å²) in [6, 6.07) is 0. The highest BCUT2D eigenvalue weighted by molar-refractivity contribution is 5.85. The normalized spacial score (nSPS) is 13.1. The molecule has 0 spiro atoms. The van der Waals surface area contributed by atoms with Gasteiger partial charge in [-0.2, -0.15) is 0 Å². The van der Waals surface area contributed by atoms with E-state index in [1.54, 1.807) is 6.92 Å². The molecule has 4 nitrogen and oxygen atoms in total. The molecule has 0 saturated heterocycles. The van der Waals surface area contributed by atoms with Crippen molar-refractivity contribution in [2.24, 2.45) is 0 Å². The third-order valence-corrected chi connectivity index (χ3v) is 1.49. The second-order valence-electron chi connectivity index (χ2n) is 3.22. The van der Waals surface area contributed by atoms with Gasteiger partial charge >= 0.3 is 0 Å². The van der Waals surface area contributed by atoms with Crippen LogP contribution in [0.1, 0.15) is 6.92 Å². The summed E-state index contributed by atoms with van der Waals surface area (Å²) >= 11 is 0. The highest BCUT2D eigenvalue weighted by Gasteiger charge is 2.16. The van der Waals surface area contributed by atoms with E-state index in [0.717, 1.165) is 0 Å². The number of quaternary nitrogens is 1. The van der Waals surface area contributed by atoms with Crippen LogP contribution in [0.5, 0.6) is 0 Å². The predicted octanol–water partition coefficient (Wildman–Crippen LogP) is -0.607. The van der Waals surface area contributed by atoms with E-state index in [1.165, 1.54) is 0 Å². The number of nitrogens with zero attached hydrogens (tertiary/aromatic N) is 1. The van der Waals surface area contributed by atoms with Crippen LogP contribution in [0.2, 0.25) is 0 Å². The molecule has 0 aliphatic carbocycles. The molecule has 11 heavy (non-hydrogen) atoms. The van der Waals surface area contributed by atoms with Gasteiger partial charge in [-0.05, 0) is 0 Å². The van der Waals surface area contributed by atoms with Crippen LogP contribution in [0.25, 0.3) is 0 Å². The van der Waals surface area contributed by atoms with Crippen molar-refractivity contribution in [1.29, 1.82) is 0 Å². The van der Waals surface area contributed by atoms with E-state index < -0.39 is 6.09 Å². The lowest BCUT2D eigenvalue weighted by Gasteiger charge is -2.32. The molecule has 0 radical (unpaired) electrons. The van der Waals surface area contributed by atoms with Crippen molar-refractivity contribution in [3.8, 4) is 0 Å². The van der Waals surface area contributed by atoms with Gasteiger partial charge in [0.15, 0.2) is 6.17 Å². The fourth-order valence-corrected chi connectivity index (χ4v) is 0.364. The maximum atomic E-state index is 10.0. The number of rotatable bonds is 2. The van der Waals surface area contributed by atoms with Gasteiger partial charge in [0.2, 0.25) is 0 Å². The van der Waals surface area contributed by atoms with Crippen molar-refractivity contribution in [3.05, 3.63) is 0 Å². The van der Waals surface area contributed by atoms with Gasteiger partial charge in [-0.25, -0.2) is 0 Å². The van der Waals surface area contributed by atoms with Crippen molar-refractivity contribution in [2.45, 2.75) is 13.1 Å². The first-order chi connectivity index (χ1) is 4.34. The monoisotopic (exact) mass is 182 g/mol. The minimum atomic E-state index is -1.22. The predicted molar refractivity (Wildman–Crippen MR) is 43.3 cm³/mol. The van der Waals surface area contributed by atoms with Crippen molar-refractivity contribution in [2.75, 3.05) is 21.1 Å². The molecule has 0 rings (SSSR count). The summed E-state index contributed by atoms with van der Waals surface area (Å²) < 4.78 is 0.550. The zero-order valence-electron chi connectivity index (χ0n) is 7.25. The van der Waals surface area contributed by atoms with Crippen molar-refractivity contribution in [3.63, 3.8) is 0 Å². The van der Waals surface area contributed by atoms with E-state index in [1.807, 2.05) is 21.1 Å². The number of carboxylic acid groups (broad SMARTS) is 1. The quantitative estimate of drug-likeness (QED) is 0.458. The van der Waals surface area contributed by atoms with Gasteiger partial charge in [-0.3, -0.25) is 0 Å². The summed E-state index contributed by atoms with van der Waals surface area (Å²) in [5.74, 6) is 0. The molecule has 1 amide bonds. The molecule has 0 aromatic carbocycles. The van der Waals surface area contributed by atoms with Gasteiger partial charge in [0, 0.05) is 6.92 Å². The lowest BCUT2D eigenvalue weighted by Crippen LogP contribution is -2.56. The maximum Gasteiger partial charge on any atom is 0.159 e. The second-order valence-corrected chi connectivity index (χ2v) is 3.22. The third-order valence-electron chi connectivity index (χ3n) is 1.49. The molecular weight excluding hydrogens is 168 g/mol. The largest absolute Gasteiger partial charge is 0.530 e. The zero-order chi connectivity index (χ0) is 8.36. The van der Waals surface area contributed by atoms with E-state index in [0.29, 0.717) is 4.48 Å². The van der Waals surface area contributed by atoms with Gasteiger partial charge < -0.3 is 19.7 Å². The smallest absolute Gasteiger partial charge is 0.159 e. The van der Waals surface area contributed by atoms with E-state index >= 15 is 0 Å². The Morgan fingerprint density at radius 3 is 1.91 bits per heavy atom. The minimum absolute atomic E-state index is 0. The standard InChI is InChI=1S/C6H14N2O2.ClH/c1-5(7-6(9)10)8(2,3)4;/h5,7H,1-4H3;1H. The molecule has 0 saturated carbocycles. The van der Waals surface area contributed by atoms with Gasteiger partial charge in [0.1, 0.15) is 6.09 Å². The molecule has 0 aromatic rings. The lowest BCUT2D eigenvalue weighted by atomic mass is 10.4.